The zero-order valence-corrected chi connectivity index (χ0v) is 22.8. The van der Waals surface area contributed by atoms with E-state index in [0.29, 0.717) is 50.2 Å². The summed E-state index contributed by atoms with van der Waals surface area (Å²) in [6.07, 6.45) is 10.9. The molecular formula is C27H31N7O4S. The smallest absolute Gasteiger partial charge is 0.256 e. The van der Waals surface area contributed by atoms with Gasteiger partial charge in [0.15, 0.2) is 5.82 Å². The van der Waals surface area contributed by atoms with Crippen molar-refractivity contribution in [3.8, 4) is 11.4 Å². The standard InChI is InChI=1S/C27H31N7O4S/c1-17(2)33-16-24(18-9-26(36)32(14-18)7-8-35)23-13-29-21(11-25(23)33)10-20-5-6-28-27(31-20)19-12-30-34(15-19)39(37,38)22-3-4-22/h5-6,11-13,15-18,22,35H,3-4,7-10,14H2,1-2H3. The van der Waals surface area contributed by atoms with Crippen molar-refractivity contribution in [3.05, 3.63) is 60.1 Å². The molecule has 1 amide bonds. The van der Waals surface area contributed by atoms with Gasteiger partial charge in [0.05, 0.1) is 41.0 Å². The van der Waals surface area contributed by atoms with Gasteiger partial charge in [0.25, 0.3) is 10.0 Å². The maximum Gasteiger partial charge on any atom is 0.256 e. The molecule has 1 aliphatic heterocycles. The quantitative estimate of drug-likeness (QED) is 0.336. The summed E-state index contributed by atoms with van der Waals surface area (Å²) in [5, 5.41) is 14.0. The van der Waals surface area contributed by atoms with Gasteiger partial charge in [-0.3, -0.25) is 9.78 Å². The van der Waals surface area contributed by atoms with Crippen molar-refractivity contribution in [2.24, 2.45) is 0 Å². The van der Waals surface area contributed by atoms with Gasteiger partial charge in [-0.05, 0) is 44.4 Å². The molecule has 0 aromatic carbocycles. The minimum Gasteiger partial charge on any atom is -0.395 e. The van der Waals surface area contributed by atoms with Gasteiger partial charge in [-0.25, -0.2) is 18.4 Å². The molecule has 0 radical (unpaired) electrons. The molecule has 2 aliphatic rings. The normalized spacial score (nSPS) is 18.1. The first-order chi connectivity index (χ1) is 18.7. The Labute approximate surface area is 226 Å². The van der Waals surface area contributed by atoms with E-state index in [4.69, 9.17) is 4.98 Å². The third-order valence-corrected chi connectivity index (χ3v) is 9.52. The van der Waals surface area contributed by atoms with E-state index in [9.17, 15) is 18.3 Å². The van der Waals surface area contributed by atoms with Gasteiger partial charge in [-0.1, -0.05) is 0 Å². The van der Waals surface area contributed by atoms with E-state index in [-0.39, 0.29) is 29.7 Å². The summed E-state index contributed by atoms with van der Waals surface area (Å²) in [7, 11) is -3.45. The van der Waals surface area contributed by atoms with Crippen LogP contribution in [-0.4, -0.2) is 78.0 Å². The van der Waals surface area contributed by atoms with Crippen molar-refractivity contribution in [1.29, 1.82) is 0 Å². The minimum atomic E-state index is -3.45. The van der Waals surface area contributed by atoms with E-state index in [1.165, 1.54) is 12.4 Å². The van der Waals surface area contributed by atoms with Crippen LogP contribution in [0.25, 0.3) is 22.3 Å². The number of aromatic nitrogens is 6. The number of β-amino-alcohol motifs (C(OH)–C–C–N with tert-alkyl or cyclic N) is 1. The second kappa shape index (κ2) is 9.83. The third kappa shape index (κ3) is 4.82. The number of likely N-dealkylation sites (tertiary alicyclic amines) is 1. The first kappa shape index (κ1) is 25.6. The van der Waals surface area contributed by atoms with E-state index >= 15 is 0 Å². The van der Waals surface area contributed by atoms with E-state index in [1.54, 1.807) is 11.1 Å². The first-order valence-corrected chi connectivity index (χ1v) is 14.7. The van der Waals surface area contributed by atoms with Crippen molar-refractivity contribution >= 4 is 26.8 Å². The van der Waals surface area contributed by atoms with Crippen molar-refractivity contribution in [2.45, 2.75) is 56.7 Å². The van der Waals surface area contributed by atoms with E-state index in [0.717, 1.165) is 31.9 Å². The lowest BCUT2D eigenvalue weighted by molar-refractivity contribution is -0.128. The molecular weight excluding hydrogens is 518 g/mol. The number of aliphatic hydroxyl groups is 1. The Morgan fingerprint density at radius 1 is 1.13 bits per heavy atom. The fourth-order valence-electron chi connectivity index (χ4n) is 5.28. The summed E-state index contributed by atoms with van der Waals surface area (Å²) in [5.41, 5.74) is 4.31. The van der Waals surface area contributed by atoms with Crippen LogP contribution in [0.5, 0.6) is 0 Å². The number of pyridine rings is 1. The Morgan fingerprint density at radius 2 is 1.95 bits per heavy atom. The van der Waals surface area contributed by atoms with Crippen molar-refractivity contribution in [1.82, 2.24) is 33.6 Å². The van der Waals surface area contributed by atoms with Gasteiger partial charge in [-0.15, -0.1) is 0 Å². The predicted octanol–water partition coefficient (Wildman–Crippen LogP) is 2.51. The lowest BCUT2D eigenvalue weighted by Crippen LogP contribution is -2.28. The molecule has 0 bridgehead atoms. The predicted molar refractivity (Wildman–Crippen MR) is 145 cm³/mol. The molecule has 1 saturated heterocycles. The number of fused-ring (bicyclic) bond motifs is 1. The summed E-state index contributed by atoms with van der Waals surface area (Å²) >= 11 is 0. The average Bonchev–Trinajstić information content (AvgIpc) is 3.37. The van der Waals surface area contributed by atoms with Crippen LogP contribution in [0, 0.1) is 0 Å². The van der Waals surface area contributed by atoms with Gasteiger partial charge in [0.1, 0.15) is 0 Å². The number of carbonyl (C=O) groups is 1. The van der Waals surface area contributed by atoms with Crippen LogP contribution in [0.1, 0.15) is 62.0 Å². The Balaban J connectivity index is 1.27. The molecule has 204 valence electrons. The Morgan fingerprint density at radius 3 is 2.69 bits per heavy atom. The van der Waals surface area contributed by atoms with E-state index in [1.807, 2.05) is 12.3 Å². The fraction of sp³-hybridized carbons (Fsp3) is 0.444. The van der Waals surface area contributed by atoms with Gasteiger partial charge in [-0.2, -0.15) is 9.19 Å². The Hall–Kier alpha value is -3.64. The number of hydrogen-bond donors (Lipinski definition) is 1. The monoisotopic (exact) mass is 549 g/mol. The lowest BCUT2D eigenvalue weighted by Gasteiger charge is -2.14. The van der Waals surface area contributed by atoms with Gasteiger partial charge < -0.3 is 14.6 Å². The second-order valence-electron chi connectivity index (χ2n) is 10.6. The second-order valence-corrected chi connectivity index (χ2v) is 12.7. The van der Waals surface area contributed by atoms with Crippen molar-refractivity contribution in [2.75, 3.05) is 19.7 Å². The Kier molecular flexibility index (Phi) is 6.46. The molecule has 4 aromatic heterocycles. The van der Waals surface area contributed by atoms with Crippen LogP contribution >= 0.6 is 0 Å². The number of rotatable bonds is 9. The molecule has 1 N–H and O–H groups in total. The van der Waals surface area contributed by atoms with Crippen LogP contribution in [0.15, 0.2) is 43.1 Å². The molecule has 5 heterocycles. The summed E-state index contributed by atoms with van der Waals surface area (Å²) in [4.78, 5) is 27.9. The molecule has 6 rings (SSSR count). The number of nitrogens with zero attached hydrogens (tertiary/aromatic N) is 7. The van der Waals surface area contributed by atoms with Gasteiger partial charge >= 0.3 is 0 Å². The fourth-order valence-corrected chi connectivity index (χ4v) is 6.75. The number of amides is 1. The van der Waals surface area contributed by atoms with Crippen LogP contribution in [0.3, 0.4) is 0 Å². The van der Waals surface area contributed by atoms with Crippen LogP contribution in [-0.2, 0) is 21.2 Å². The van der Waals surface area contributed by atoms with Crippen LogP contribution in [0.2, 0.25) is 0 Å². The largest absolute Gasteiger partial charge is 0.395 e. The highest BCUT2D eigenvalue weighted by Gasteiger charge is 2.38. The highest BCUT2D eigenvalue weighted by atomic mass is 32.2. The lowest BCUT2D eigenvalue weighted by atomic mass is 9.98. The molecule has 2 fully saturated rings. The van der Waals surface area contributed by atoms with Crippen molar-refractivity contribution in [3.63, 3.8) is 0 Å². The molecule has 11 nitrogen and oxygen atoms in total. The molecule has 4 aromatic rings. The first-order valence-electron chi connectivity index (χ1n) is 13.2. The summed E-state index contributed by atoms with van der Waals surface area (Å²) < 4.78 is 28.2. The zero-order chi connectivity index (χ0) is 27.3. The average molecular weight is 550 g/mol. The highest BCUT2D eigenvalue weighted by molar-refractivity contribution is 7.90. The van der Waals surface area contributed by atoms with E-state index in [2.05, 4.69) is 45.7 Å². The molecule has 1 saturated carbocycles. The minimum absolute atomic E-state index is 0.0379. The Bertz CT molecular complexity index is 1660. The molecule has 0 spiro atoms. The van der Waals surface area contributed by atoms with Gasteiger partial charge in [0, 0.05) is 67.6 Å². The number of carbonyl (C=O) groups excluding carboxylic acids is 1. The third-order valence-electron chi connectivity index (χ3n) is 7.49. The maximum absolute atomic E-state index is 12.5. The van der Waals surface area contributed by atoms with Crippen molar-refractivity contribution < 1.29 is 18.3 Å². The van der Waals surface area contributed by atoms with E-state index < -0.39 is 10.0 Å². The number of aliphatic hydroxyl groups excluding tert-OH is 1. The molecule has 12 heteroatoms. The maximum atomic E-state index is 12.5. The van der Waals surface area contributed by atoms with Crippen LogP contribution < -0.4 is 0 Å². The van der Waals surface area contributed by atoms with Crippen LogP contribution in [0.4, 0.5) is 0 Å². The number of hydrogen-bond acceptors (Lipinski definition) is 8. The SMILES string of the molecule is CC(C)n1cc(C2CC(=O)N(CCO)C2)c2cnc(Cc3ccnc(-c4cnn(S(=O)(=O)C5CC5)c4)n3)cc21. The zero-order valence-electron chi connectivity index (χ0n) is 21.9. The molecule has 1 unspecified atom stereocenters. The summed E-state index contributed by atoms with van der Waals surface area (Å²) in [5.74, 6) is 0.546. The highest BCUT2D eigenvalue weighted by Crippen LogP contribution is 2.36. The van der Waals surface area contributed by atoms with Gasteiger partial charge in [0.2, 0.25) is 5.91 Å². The molecule has 1 aliphatic carbocycles. The molecule has 1 atom stereocenters. The molecule has 39 heavy (non-hydrogen) atoms. The summed E-state index contributed by atoms with van der Waals surface area (Å²) in [6, 6.07) is 4.12. The topological polar surface area (TPSA) is 136 Å². The summed E-state index contributed by atoms with van der Waals surface area (Å²) in [6.45, 7) is 5.17.